The molecular weight excluding hydrogens is 412 g/mol. The molecule has 0 aliphatic carbocycles. The summed E-state index contributed by atoms with van der Waals surface area (Å²) in [5.74, 6) is -0.0905. The number of carbonyl (C=O) groups is 1. The summed E-state index contributed by atoms with van der Waals surface area (Å²) >= 11 is 5.98. The van der Waals surface area contributed by atoms with Crippen LogP contribution < -0.4 is 15.5 Å². The molecule has 1 unspecified atom stereocenters. The largest absolute Gasteiger partial charge is 0.390 e. The van der Waals surface area contributed by atoms with E-state index in [0.29, 0.717) is 12.6 Å². The minimum atomic E-state index is -0.433. The molecular formula is C24H31ClN4O2. The summed E-state index contributed by atoms with van der Waals surface area (Å²) < 4.78 is 0. The highest BCUT2D eigenvalue weighted by Crippen LogP contribution is 2.29. The van der Waals surface area contributed by atoms with Crippen LogP contribution in [0.15, 0.2) is 48.5 Å². The van der Waals surface area contributed by atoms with Crippen LogP contribution in [0.5, 0.6) is 0 Å². The van der Waals surface area contributed by atoms with E-state index in [9.17, 15) is 9.90 Å². The van der Waals surface area contributed by atoms with Gasteiger partial charge in [0.05, 0.1) is 23.5 Å². The van der Waals surface area contributed by atoms with E-state index in [-0.39, 0.29) is 11.9 Å². The van der Waals surface area contributed by atoms with Crippen LogP contribution in [0.4, 0.5) is 11.4 Å². The average Bonchev–Trinajstić information content (AvgIpc) is 3.11. The van der Waals surface area contributed by atoms with E-state index >= 15 is 0 Å². The van der Waals surface area contributed by atoms with E-state index < -0.39 is 6.10 Å². The maximum absolute atomic E-state index is 11.5. The number of halogens is 1. The van der Waals surface area contributed by atoms with Crippen molar-refractivity contribution in [1.29, 1.82) is 0 Å². The molecule has 31 heavy (non-hydrogen) atoms. The summed E-state index contributed by atoms with van der Waals surface area (Å²) in [4.78, 5) is 16.2. The molecule has 1 amide bonds. The fourth-order valence-corrected chi connectivity index (χ4v) is 4.73. The zero-order valence-corrected chi connectivity index (χ0v) is 18.7. The first kappa shape index (κ1) is 22.1. The quantitative estimate of drug-likeness (QED) is 0.641. The van der Waals surface area contributed by atoms with Crippen LogP contribution in [0.2, 0.25) is 5.02 Å². The number of hydrogen-bond acceptors (Lipinski definition) is 5. The second kappa shape index (κ2) is 10.0. The van der Waals surface area contributed by atoms with E-state index in [4.69, 9.17) is 11.6 Å². The Kier molecular flexibility index (Phi) is 7.13. The van der Waals surface area contributed by atoms with Gasteiger partial charge >= 0.3 is 0 Å². The average molecular weight is 443 g/mol. The number of rotatable bonds is 6. The number of anilines is 2. The molecule has 166 valence electrons. The van der Waals surface area contributed by atoms with Crippen molar-refractivity contribution in [2.24, 2.45) is 0 Å². The molecule has 2 atom stereocenters. The Balaban J connectivity index is 1.29. The first-order chi connectivity index (χ1) is 15.0. The summed E-state index contributed by atoms with van der Waals surface area (Å²) in [7, 11) is 0. The minimum Gasteiger partial charge on any atom is -0.390 e. The second-order valence-corrected chi connectivity index (χ2v) is 9.06. The van der Waals surface area contributed by atoms with Crippen molar-refractivity contribution in [3.05, 3.63) is 59.1 Å². The summed E-state index contributed by atoms with van der Waals surface area (Å²) in [6, 6.07) is 16.3. The maximum Gasteiger partial charge on any atom is 0.221 e. The van der Waals surface area contributed by atoms with Gasteiger partial charge in [-0.2, -0.15) is 0 Å². The highest BCUT2D eigenvalue weighted by molar-refractivity contribution is 6.30. The highest BCUT2D eigenvalue weighted by Gasteiger charge is 2.34. The number of aliphatic hydroxyl groups is 1. The van der Waals surface area contributed by atoms with Gasteiger partial charge in [-0.3, -0.25) is 9.69 Å². The van der Waals surface area contributed by atoms with Crippen LogP contribution in [0, 0.1) is 0 Å². The monoisotopic (exact) mass is 442 g/mol. The molecule has 6 nitrogen and oxygen atoms in total. The third-order valence-corrected chi connectivity index (χ3v) is 6.45. The lowest BCUT2D eigenvalue weighted by Crippen LogP contribution is -2.49. The van der Waals surface area contributed by atoms with Gasteiger partial charge in [0.1, 0.15) is 0 Å². The topological polar surface area (TPSA) is 67.8 Å². The molecule has 0 aromatic heterocycles. The lowest BCUT2D eigenvalue weighted by molar-refractivity contribution is -0.114. The van der Waals surface area contributed by atoms with E-state index in [1.165, 1.54) is 12.5 Å². The molecule has 0 radical (unpaired) electrons. The molecule has 4 rings (SSSR count). The summed E-state index contributed by atoms with van der Waals surface area (Å²) in [5.41, 5.74) is 3.03. The Bertz CT molecular complexity index is 883. The SMILES string of the molecule is CC(=O)Nc1ccccc1N1CC(NC2CCN(Cc3ccc(Cl)cc3)CC2)[C@H](O)C1. The zero-order valence-electron chi connectivity index (χ0n) is 17.9. The first-order valence-electron chi connectivity index (χ1n) is 11.0. The summed E-state index contributed by atoms with van der Waals surface area (Å²) in [5, 5.41) is 18.0. The van der Waals surface area contributed by atoms with Gasteiger partial charge in [0, 0.05) is 37.6 Å². The van der Waals surface area contributed by atoms with Crippen LogP contribution in [0.25, 0.3) is 0 Å². The van der Waals surface area contributed by atoms with Crippen molar-refractivity contribution >= 4 is 28.9 Å². The molecule has 2 aliphatic rings. The number of nitrogens with one attached hydrogen (secondary N) is 2. The first-order valence-corrected chi connectivity index (χ1v) is 11.4. The Morgan fingerprint density at radius 3 is 2.52 bits per heavy atom. The minimum absolute atomic E-state index is 0.0261. The van der Waals surface area contributed by atoms with Gasteiger partial charge in [-0.1, -0.05) is 35.9 Å². The van der Waals surface area contributed by atoms with Crippen molar-refractivity contribution in [3.8, 4) is 0 Å². The molecule has 2 fully saturated rings. The third kappa shape index (κ3) is 5.77. The Hall–Kier alpha value is -2.12. The molecule has 0 saturated carbocycles. The number of piperidine rings is 1. The van der Waals surface area contributed by atoms with Crippen molar-refractivity contribution in [2.45, 2.75) is 44.5 Å². The zero-order chi connectivity index (χ0) is 21.8. The number of carbonyl (C=O) groups excluding carboxylic acids is 1. The van der Waals surface area contributed by atoms with Gasteiger partial charge in [-0.25, -0.2) is 0 Å². The lowest BCUT2D eigenvalue weighted by atomic mass is 10.0. The van der Waals surface area contributed by atoms with Crippen LogP contribution >= 0.6 is 11.6 Å². The van der Waals surface area contributed by atoms with Gasteiger partial charge in [0.25, 0.3) is 0 Å². The van der Waals surface area contributed by atoms with Crippen LogP contribution in [-0.2, 0) is 11.3 Å². The van der Waals surface area contributed by atoms with Gasteiger partial charge in [0.2, 0.25) is 5.91 Å². The van der Waals surface area contributed by atoms with Gasteiger partial charge in [0.15, 0.2) is 0 Å². The normalized spacial score (nSPS) is 22.6. The standard InChI is InChI=1S/C24H31ClN4O2/c1-17(30)26-21-4-2-3-5-23(21)29-15-22(24(31)16-29)27-20-10-12-28(13-11-20)14-18-6-8-19(25)9-7-18/h2-9,20,22,24,27,31H,10-16H2,1H3,(H,26,30)/t22?,24-/m1/s1. The van der Waals surface area contributed by atoms with E-state index in [0.717, 1.165) is 55.4 Å². The number of para-hydroxylation sites is 2. The Morgan fingerprint density at radius 1 is 1.10 bits per heavy atom. The molecule has 0 spiro atoms. The number of amides is 1. The summed E-state index contributed by atoms with van der Waals surface area (Å²) in [6.07, 6.45) is 1.70. The molecule has 2 aromatic rings. The van der Waals surface area contributed by atoms with Crippen molar-refractivity contribution in [1.82, 2.24) is 10.2 Å². The maximum atomic E-state index is 11.5. The van der Waals surface area contributed by atoms with Crippen LogP contribution in [-0.4, -0.2) is 60.3 Å². The second-order valence-electron chi connectivity index (χ2n) is 8.62. The van der Waals surface area contributed by atoms with Crippen molar-refractivity contribution in [3.63, 3.8) is 0 Å². The fraction of sp³-hybridized carbons (Fsp3) is 0.458. The van der Waals surface area contributed by atoms with Gasteiger partial charge in [-0.05, 0) is 55.8 Å². The number of benzene rings is 2. The van der Waals surface area contributed by atoms with Crippen LogP contribution in [0.1, 0.15) is 25.3 Å². The Morgan fingerprint density at radius 2 is 1.81 bits per heavy atom. The number of nitrogens with zero attached hydrogens (tertiary/aromatic N) is 2. The molecule has 0 bridgehead atoms. The summed E-state index contributed by atoms with van der Waals surface area (Å²) in [6.45, 7) is 5.83. The number of likely N-dealkylation sites (tertiary alicyclic amines) is 1. The molecule has 2 heterocycles. The van der Waals surface area contributed by atoms with Crippen LogP contribution in [0.3, 0.4) is 0 Å². The molecule has 7 heteroatoms. The van der Waals surface area contributed by atoms with Gasteiger partial charge < -0.3 is 20.6 Å². The third-order valence-electron chi connectivity index (χ3n) is 6.20. The van der Waals surface area contributed by atoms with E-state index in [1.807, 2.05) is 36.4 Å². The highest BCUT2D eigenvalue weighted by atomic mass is 35.5. The lowest BCUT2D eigenvalue weighted by Gasteiger charge is -2.34. The predicted molar refractivity (Wildman–Crippen MR) is 126 cm³/mol. The smallest absolute Gasteiger partial charge is 0.221 e. The van der Waals surface area contributed by atoms with Gasteiger partial charge in [-0.15, -0.1) is 0 Å². The molecule has 3 N–H and O–H groups in total. The van der Waals surface area contributed by atoms with E-state index in [1.54, 1.807) is 0 Å². The Labute approximate surface area is 189 Å². The number of β-amino-alcohol motifs (C(OH)–C–C–N with tert-alkyl or cyclic N) is 1. The molecule has 2 aromatic carbocycles. The number of hydrogen-bond donors (Lipinski definition) is 3. The predicted octanol–water partition coefficient (Wildman–Crippen LogP) is 3.10. The molecule has 2 aliphatic heterocycles. The fourth-order valence-electron chi connectivity index (χ4n) is 4.60. The number of aliphatic hydroxyl groups excluding tert-OH is 1. The van der Waals surface area contributed by atoms with Crippen molar-refractivity contribution < 1.29 is 9.90 Å². The molecule has 2 saturated heterocycles. The van der Waals surface area contributed by atoms with E-state index in [2.05, 4.69) is 32.6 Å². The van der Waals surface area contributed by atoms with Crippen molar-refractivity contribution in [2.75, 3.05) is 36.4 Å².